The van der Waals surface area contributed by atoms with Crippen molar-refractivity contribution in [1.29, 1.82) is 0 Å². The van der Waals surface area contributed by atoms with Gasteiger partial charge in [-0.25, -0.2) is 9.98 Å². The highest BCUT2D eigenvalue weighted by atomic mass is 32.1. The molecule has 0 saturated heterocycles. The molecule has 1 unspecified atom stereocenters. The summed E-state index contributed by atoms with van der Waals surface area (Å²) in [5, 5.41) is 6.29. The maximum absolute atomic E-state index is 12.4. The molecule has 28 heavy (non-hydrogen) atoms. The first-order chi connectivity index (χ1) is 13.5. The van der Waals surface area contributed by atoms with Crippen LogP contribution in [0.2, 0.25) is 0 Å². The monoisotopic (exact) mass is 394 g/mol. The second-order valence-electron chi connectivity index (χ2n) is 8.08. The Labute approximate surface area is 169 Å². The molecule has 2 aromatic rings. The third-order valence-electron chi connectivity index (χ3n) is 5.53. The number of allylic oxidation sites excluding steroid dienone is 2. The molecule has 0 bridgehead atoms. The number of guanidine groups is 1. The van der Waals surface area contributed by atoms with Gasteiger partial charge in [-0.05, 0) is 54.9 Å². The Morgan fingerprint density at radius 2 is 2.18 bits per heavy atom. The number of carbonyl (C=O) groups excluding carboxylic acids is 1. The number of nitrogens with zero attached hydrogens (tertiary/aromatic N) is 2. The summed E-state index contributed by atoms with van der Waals surface area (Å²) in [4.78, 5) is 21.2. The molecule has 2 atom stereocenters. The fourth-order valence-electron chi connectivity index (χ4n) is 3.84. The van der Waals surface area contributed by atoms with E-state index >= 15 is 0 Å². The molecule has 2 aliphatic rings. The van der Waals surface area contributed by atoms with E-state index < -0.39 is 0 Å². The average molecular weight is 395 g/mol. The van der Waals surface area contributed by atoms with Gasteiger partial charge >= 0.3 is 0 Å². The number of hydrogen-bond donors (Lipinski definition) is 2. The first kappa shape index (κ1) is 18.9. The normalized spacial score (nSPS) is 24.3. The molecule has 4 rings (SSSR count). The summed E-state index contributed by atoms with van der Waals surface area (Å²) < 4.78 is 1.10. The van der Waals surface area contributed by atoms with Gasteiger partial charge in [-0.15, -0.1) is 11.3 Å². The Kier molecular flexibility index (Phi) is 5.31. The predicted molar refractivity (Wildman–Crippen MR) is 116 cm³/mol. The molecule has 146 valence electrons. The topological polar surface area (TPSA) is 66.4 Å². The zero-order chi connectivity index (χ0) is 19.7. The van der Waals surface area contributed by atoms with Crippen LogP contribution < -0.4 is 10.6 Å². The predicted octanol–water partition coefficient (Wildman–Crippen LogP) is 4.69. The van der Waals surface area contributed by atoms with E-state index in [1.165, 1.54) is 12.1 Å². The van der Waals surface area contributed by atoms with E-state index in [1.54, 1.807) is 11.3 Å². The third-order valence-corrected chi connectivity index (χ3v) is 6.32. The number of fused-ring (bicyclic) bond motifs is 1. The van der Waals surface area contributed by atoms with Gasteiger partial charge in [0.25, 0.3) is 5.91 Å². The van der Waals surface area contributed by atoms with Crippen LogP contribution in [0, 0.1) is 17.8 Å². The Bertz CT molecular complexity index is 985. The van der Waals surface area contributed by atoms with Gasteiger partial charge in [0.1, 0.15) is 5.70 Å². The minimum Gasteiger partial charge on any atom is -0.329 e. The Morgan fingerprint density at radius 3 is 3.00 bits per heavy atom. The molecule has 0 fully saturated rings. The van der Waals surface area contributed by atoms with Gasteiger partial charge in [-0.2, -0.15) is 0 Å². The van der Waals surface area contributed by atoms with Crippen molar-refractivity contribution < 1.29 is 4.79 Å². The number of benzene rings is 1. The molecule has 0 saturated carbocycles. The number of thiazole rings is 1. The van der Waals surface area contributed by atoms with Crippen LogP contribution in [0.5, 0.6) is 0 Å². The zero-order valence-corrected chi connectivity index (χ0v) is 17.3. The highest BCUT2D eigenvalue weighted by molar-refractivity contribution is 7.16. The molecule has 0 spiro atoms. The van der Waals surface area contributed by atoms with Crippen molar-refractivity contribution in [1.82, 2.24) is 15.6 Å². The molecule has 1 aliphatic carbocycles. The summed E-state index contributed by atoms with van der Waals surface area (Å²) in [5.41, 5.74) is 5.37. The summed E-state index contributed by atoms with van der Waals surface area (Å²) in [6, 6.07) is 5.98. The van der Waals surface area contributed by atoms with E-state index in [4.69, 9.17) is 0 Å². The number of nitrogens with one attached hydrogen (secondary N) is 2. The van der Waals surface area contributed by atoms with Crippen LogP contribution in [0.3, 0.4) is 0 Å². The van der Waals surface area contributed by atoms with Gasteiger partial charge in [0.2, 0.25) is 5.96 Å². The van der Waals surface area contributed by atoms with Crippen LogP contribution in [-0.2, 0) is 4.79 Å². The SMILES string of the molecule is CC(C)C1CC[C@@H](C)CC=C1NC1=N/C(=C\c2ccc3ncsc3c2)C(=O)N1. The van der Waals surface area contributed by atoms with Crippen LogP contribution in [0.25, 0.3) is 16.3 Å². The Morgan fingerprint density at radius 1 is 1.32 bits per heavy atom. The van der Waals surface area contributed by atoms with Gasteiger partial charge in [0.15, 0.2) is 0 Å². The van der Waals surface area contributed by atoms with E-state index in [2.05, 4.69) is 47.5 Å². The third kappa shape index (κ3) is 4.02. The maximum Gasteiger partial charge on any atom is 0.276 e. The minimum absolute atomic E-state index is 0.171. The summed E-state index contributed by atoms with van der Waals surface area (Å²) >= 11 is 1.59. The minimum atomic E-state index is -0.171. The van der Waals surface area contributed by atoms with Crippen LogP contribution in [0.1, 0.15) is 45.6 Å². The molecule has 2 heterocycles. The van der Waals surface area contributed by atoms with E-state index in [1.807, 2.05) is 29.8 Å². The van der Waals surface area contributed by atoms with Crippen molar-refractivity contribution in [2.75, 3.05) is 0 Å². The molecular weight excluding hydrogens is 368 g/mol. The Balaban J connectivity index is 1.56. The van der Waals surface area contributed by atoms with Gasteiger partial charge < -0.3 is 5.32 Å². The summed E-state index contributed by atoms with van der Waals surface area (Å²) in [6.07, 6.45) is 7.57. The van der Waals surface area contributed by atoms with E-state index in [-0.39, 0.29) is 5.91 Å². The number of carbonyl (C=O) groups is 1. The lowest BCUT2D eigenvalue weighted by atomic mass is 9.88. The van der Waals surface area contributed by atoms with Crippen LogP contribution in [-0.4, -0.2) is 16.9 Å². The lowest BCUT2D eigenvalue weighted by Gasteiger charge is -2.23. The number of aromatic nitrogens is 1. The average Bonchev–Trinajstić information content (AvgIpc) is 3.20. The van der Waals surface area contributed by atoms with Gasteiger partial charge in [-0.1, -0.05) is 32.9 Å². The highest BCUT2D eigenvalue weighted by Crippen LogP contribution is 2.31. The smallest absolute Gasteiger partial charge is 0.276 e. The number of hydrogen-bond acceptors (Lipinski definition) is 5. The molecule has 2 N–H and O–H groups in total. The first-order valence-electron chi connectivity index (χ1n) is 9.91. The number of aliphatic imine (C=N–C) groups is 1. The van der Waals surface area contributed by atoms with Crippen LogP contribution in [0.4, 0.5) is 0 Å². The molecule has 6 heteroatoms. The van der Waals surface area contributed by atoms with Crippen molar-refractivity contribution in [2.45, 2.75) is 40.0 Å². The molecule has 1 aromatic carbocycles. The molecule has 1 aliphatic heterocycles. The van der Waals surface area contributed by atoms with Gasteiger partial charge in [0.05, 0.1) is 15.7 Å². The Hall–Kier alpha value is -2.47. The lowest BCUT2D eigenvalue weighted by Crippen LogP contribution is -2.38. The fraction of sp³-hybridized carbons (Fsp3) is 0.409. The lowest BCUT2D eigenvalue weighted by molar-refractivity contribution is -0.115. The van der Waals surface area contributed by atoms with Crippen LogP contribution >= 0.6 is 11.3 Å². The molecule has 1 amide bonds. The highest BCUT2D eigenvalue weighted by Gasteiger charge is 2.26. The first-order valence-corrected chi connectivity index (χ1v) is 10.8. The van der Waals surface area contributed by atoms with E-state index in [0.717, 1.165) is 28.6 Å². The zero-order valence-electron chi connectivity index (χ0n) is 16.5. The van der Waals surface area contributed by atoms with Gasteiger partial charge in [0, 0.05) is 11.6 Å². The van der Waals surface area contributed by atoms with Crippen molar-refractivity contribution in [3.8, 4) is 0 Å². The van der Waals surface area contributed by atoms with E-state index in [9.17, 15) is 4.79 Å². The maximum atomic E-state index is 12.4. The summed E-state index contributed by atoms with van der Waals surface area (Å²) in [6.45, 7) is 6.81. The largest absolute Gasteiger partial charge is 0.329 e. The second kappa shape index (κ2) is 7.87. The number of rotatable bonds is 3. The molecule has 5 nitrogen and oxygen atoms in total. The van der Waals surface area contributed by atoms with Crippen molar-refractivity contribution in [3.05, 3.63) is 46.7 Å². The molecule has 0 radical (unpaired) electrons. The van der Waals surface area contributed by atoms with Crippen molar-refractivity contribution in [2.24, 2.45) is 22.7 Å². The van der Waals surface area contributed by atoms with Crippen LogP contribution in [0.15, 0.2) is 46.2 Å². The molecule has 1 aromatic heterocycles. The second-order valence-corrected chi connectivity index (χ2v) is 8.96. The number of amides is 1. The van der Waals surface area contributed by atoms with Gasteiger partial charge in [-0.3, -0.25) is 10.1 Å². The van der Waals surface area contributed by atoms with Crippen molar-refractivity contribution >= 4 is 39.5 Å². The van der Waals surface area contributed by atoms with E-state index in [0.29, 0.717) is 29.4 Å². The fourth-order valence-corrected chi connectivity index (χ4v) is 4.56. The quantitative estimate of drug-likeness (QED) is 0.742. The summed E-state index contributed by atoms with van der Waals surface area (Å²) in [5.74, 6) is 2.06. The standard InChI is InChI=1S/C22H26N4OS/c1-13(2)16-7-4-14(3)5-8-17(16)24-22-25-19(21(27)26-22)10-15-6-9-18-20(11-15)28-12-23-18/h6,8-14,16H,4-5,7H2,1-3H3,(H2,24,25,26,27)/b19-10-/t14-,16?/m1/s1. The summed E-state index contributed by atoms with van der Waals surface area (Å²) in [7, 11) is 0. The van der Waals surface area contributed by atoms with Crippen molar-refractivity contribution in [3.63, 3.8) is 0 Å². The molecular formula is C22H26N4OS.